The predicted molar refractivity (Wildman–Crippen MR) is 91.3 cm³/mol. The minimum absolute atomic E-state index is 0.229. The molecule has 1 saturated heterocycles. The summed E-state index contributed by atoms with van der Waals surface area (Å²) in [5.74, 6) is 0.184. The second-order valence-corrected chi connectivity index (χ2v) is 6.57. The number of aromatic nitrogens is 3. The summed E-state index contributed by atoms with van der Waals surface area (Å²) in [6, 6.07) is 3.18. The molecule has 0 aromatic carbocycles. The van der Waals surface area contributed by atoms with E-state index in [1.54, 1.807) is 17.6 Å². The number of carbonyl (C=O) groups excluding carboxylic acids is 1. The highest BCUT2D eigenvalue weighted by atomic mass is 35.5. The van der Waals surface area contributed by atoms with Crippen LogP contribution in [0.2, 0.25) is 5.15 Å². The second-order valence-electron chi connectivity index (χ2n) is 6.18. The Kier molecular flexibility index (Phi) is 3.73. The van der Waals surface area contributed by atoms with Crippen LogP contribution in [0.15, 0.2) is 23.3 Å². The van der Waals surface area contributed by atoms with Gasteiger partial charge in [0, 0.05) is 18.9 Å². The highest BCUT2D eigenvalue weighted by molar-refractivity contribution is 6.29. The molecule has 130 valence electrons. The highest BCUT2D eigenvalue weighted by Gasteiger charge is 2.45. The van der Waals surface area contributed by atoms with Crippen LogP contribution in [0.1, 0.15) is 28.9 Å². The number of hydrogen-bond donors (Lipinski definition) is 2. The number of nitrogens with zero attached hydrogens (tertiary/aromatic N) is 3. The largest absolute Gasteiger partial charge is 0.381 e. The predicted octanol–water partition coefficient (Wildman–Crippen LogP) is 1.55. The molecule has 4 heterocycles. The topological polar surface area (TPSA) is 98.1 Å². The van der Waals surface area contributed by atoms with Gasteiger partial charge in [0.15, 0.2) is 0 Å². The van der Waals surface area contributed by atoms with Gasteiger partial charge in [-0.15, -0.1) is 0 Å². The Morgan fingerprint density at radius 2 is 2.04 bits per heavy atom. The second kappa shape index (κ2) is 5.82. The van der Waals surface area contributed by atoms with Crippen molar-refractivity contribution in [1.82, 2.24) is 19.9 Å². The molecular weight excluding hydrogens is 346 g/mol. The number of pyridine rings is 1. The van der Waals surface area contributed by atoms with Crippen molar-refractivity contribution in [3.05, 3.63) is 45.2 Å². The number of nitrogens with one attached hydrogen (secondary N) is 2. The molecule has 2 aromatic rings. The third kappa shape index (κ3) is 2.58. The fraction of sp³-hybridized carbons (Fsp3) is 0.375. The zero-order valence-electron chi connectivity index (χ0n) is 13.5. The lowest BCUT2D eigenvalue weighted by Gasteiger charge is -2.35. The van der Waals surface area contributed by atoms with Gasteiger partial charge in [0.2, 0.25) is 0 Å². The number of fused-ring (bicyclic) bond motifs is 2. The number of ether oxygens (including phenoxy) is 1. The molecule has 8 nitrogen and oxygen atoms in total. The Bertz CT molecular complexity index is 920. The molecule has 0 bridgehead atoms. The van der Waals surface area contributed by atoms with Crippen LogP contribution >= 0.6 is 11.6 Å². The highest BCUT2D eigenvalue weighted by Crippen LogP contribution is 2.33. The summed E-state index contributed by atoms with van der Waals surface area (Å²) in [6.45, 7) is 2.79. The number of hydrogen-bond acceptors (Lipinski definition) is 6. The summed E-state index contributed by atoms with van der Waals surface area (Å²) in [7, 11) is 0. The minimum Gasteiger partial charge on any atom is -0.381 e. The average Bonchev–Trinajstić information content (AvgIpc) is 2.85. The lowest BCUT2D eigenvalue weighted by atomic mass is 10.0. The molecule has 0 saturated carbocycles. The normalized spacial score (nSPS) is 18.1. The van der Waals surface area contributed by atoms with Crippen molar-refractivity contribution in [2.45, 2.75) is 25.4 Å². The van der Waals surface area contributed by atoms with Gasteiger partial charge in [-0.25, -0.2) is 9.97 Å². The summed E-state index contributed by atoms with van der Waals surface area (Å²) in [5.41, 5.74) is 0.434. The van der Waals surface area contributed by atoms with Crippen LogP contribution in [-0.2, 0) is 10.4 Å². The van der Waals surface area contributed by atoms with E-state index in [9.17, 15) is 9.59 Å². The van der Waals surface area contributed by atoms with E-state index in [2.05, 4.69) is 20.6 Å². The van der Waals surface area contributed by atoms with Gasteiger partial charge < -0.3 is 15.4 Å². The molecule has 9 heteroatoms. The van der Waals surface area contributed by atoms with Gasteiger partial charge in [-0.05, 0) is 18.6 Å². The first-order valence-electron chi connectivity index (χ1n) is 7.92. The molecule has 25 heavy (non-hydrogen) atoms. The number of halogens is 1. The Morgan fingerprint density at radius 1 is 1.28 bits per heavy atom. The first kappa shape index (κ1) is 16.0. The number of carbonyl (C=O) groups is 1. The summed E-state index contributed by atoms with van der Waals surface area (Å²) in [4.78, 5) is 33.4. The van der Waals surface area contributed by atoms with Gasteiger partial charge in [-0.3, -0.25) is 14.2 Å². The monoisotopic (exact) mass is 361 g/mol. The first-order valence-corrected chi connectivity index (χ1v) is 8.30. The van der Waals surface area contributed by atoms with E-state index >= 15 is 0 Å². The fourth-order valence-corrected chi connectivity index (χ4v) is 3.59. The standard InChI is InChI=1S/C16H16ClN5O3/c1-9-6-10(20-12-7-11(17)18-8-19-12)15(24)22-13(9)14(23)21-16(22)2-4-25-5-3-16/h6-8H,2-5H2,1H3,(H,21,23)(H,18,19,20). The number of amides is 1. The van der Waals surface area contributed by atoms with Crippen molar-refractivity contribution in [3.63, 3.8) is 0 Å². The van der Waals surface area contributed by atoms with Crippen molar-refractivity contribution in [2.75, 3.05) is 18.5 Å². The molecular formula is C16H16ClN5O3. The molecule has 0 atom stereocenters. The van der Waals surface area contributed by atoms with Gasteiger partial charge in [0.05, 0.1) is 13.2 Å². The van der Waals surface area contributed by atoms with E-state index in [-0.39, 0.29) is 16.6 Å². The third-order valence-electron chi connectivity index (χ3n) is 4.60. The molecule has 1 fully saturated rings. The molecule has 0 aliphatic carbocycles. The van der Waals surface area contributed by atoms with Crippen molar-refractivity contribution >= 4 is 29.0 Å². The van der Waals surface area contributed by atoms with Crippen LogP contribution in [0.4, 0.5) is 11.5 Å². The molecule has 0 radical (unpaired) electrons. The fourth-order valence-electron chi connectivity index (χ4n) is 3.45. The maximum absolute atomic E-state index is 13.1. The lowest BCUT2D eigenvalue weighted by Crippen LogP contribution is -2.51. The van der Waals surface area contributed by atoms with Crippen LogP contribution < -0.4 is 16.2 Å². The quantitative estimate of drug-likeness (QED) is 0.787. The third-order valence-corrected chi connectivity index (χ3v) is 4.80. The number of anilines is 2. The van der Waals surface area contributed by atoms with E-state index in [0.29, 0.717) is 48.8 Å². The van der Waals surface area contributed by atoms with E-state index in [1.807, 2.05) is 0 Å². The number of aryl methyl sites for hydroxylation is 1. The maximum Gasteiger partial charge on any atom is 0.276 e. The first-order chi connectivity index (χ1) is 12.0. The molecule has 2 aliphatic rings. The summed E-state index contributed by atoms with van der Waals surface area (Å²) < 4.78 is 6.97. The molecule has 1 amide bonds. The Morgan fingerprint density at radius 3 is 2.76 bits per heavy atom. The van der Waals surface area contributed by atoms with Crippen molar-refractivity contribution < 1.29 is 9.53 Å². The summed E-state index contributed by atoms with van der Waals surface area (Å²) in [6.07, 6.45) is 2.41. The molecule has 1 spiro atoms. The van der Waals surface area contributed by atoms with Gasteiger partial charge in [-0.2, -0.15) is 0 Å². The Labute approximate surface area is 148 Å². The van der Waals surface area contributed by atoms with Gasteiger partial charge in [-0.1, -0.05) is 11.6 Å². The van der Waals surface area contributed by atoms with E-state index in [0.717, 1.165) is 0 Å². The van der Waals surface area contributed by atoms with Crippen LogP contribution in [0.3, 0.4) is 0 Å². The van der Waals surface area contributed by atoms with Crippen LogP contribution in [0.25, 0.3) is 0 Å². The zero-order chi connectivity index (χ0) is 17.6. The average molecular weight is 362 g/mol. The van der Waals surface area contributed by atoms with E-state index in [4.69, 9.17) is 16.3 Å². The van der Waals surface area contributed by atoms with Crippen LogP contribution in [0, 0.1) is 6.92 Å². The summed E-state index contributed by atoms with van der Waals surface area (Å²) >= 11 is 5.87. The van der Waals surface area contributed by atoms with E-state index < -0.39 is 5.66 Å². The molecule has 2 aliphatic heterocycles. The zero-order valence-corrected chi connectivity index (χ0v) is 14.3. The summed E-state index contributed by atoms with van der Waals surface area (Å²) in [5, 5.41) is 6.24. The van der Waals surface area contributed by atoms with E-state index in [1.165, 1.54) is 12.4 Å². The molecule has 2 aromatic heterocycles. The number of rotatable bonds is 2. The maximum atomic E-state index is 13.1. The van der Waals surface area contributed by atoms with Crippen LogP contribution in [0.5, 0.6) is 0 Å². The SMILES string of the molecule is Cc1cc(Nc2cc(Cl)ncn2)c(=O)n2c1C(=O)NC21CCOCC1. The molecule has 0 unspecified atom stereocenters. The van der Waals surface area contributed by atoms with Crippen molar-refractivity contribution in [3.8, 4) is 0 Å². The van der Waals surface area contributed by atoms with Gasteiger partial charge >= 0.3 is 0 Å². The van der Waals surface area contributed by atoms with Crippen LogP contribution in [-0.4, -0.2) is 33.7 Å². The minimum atomic E-state index is -0.729. The van der Waals surface area contributed by atoms with Crippen molar-refractivity contribution in [1.29, 1.82) is 0 Å². The molecule has 2 N–H and O–H groups in total. The van der Waals surface area contributed by atoms with Gasteiger partial charge in [0.25, 0.3) is 11.5 Å². The van der Waals surface area contributed by atoms with Gasteiger partial charge in [0.1, 0.15) is 34.3 Å². The Balaban J connectivity index is 1.84. The smallest absolute Gasteiger partial charge is 0.276 e. The molecule has 4 rings (SSSR count). The van der Waals surface area contributed by atoms with Crippen molar-refractivity contribution in [2.24, 2.45) is 0 Å². The Hall–Kier alpha value is -2.45. The lowest BCUT2D eigenvalue weighted by molar-refractivity contribution is 0.0120.